The van der Waals surface area contributed by atoms with Gasteiger partial charge in [0.25, 0.3) is 0 Å². The molecule has 0 N–H and O–H groups in total. The number of carbonyl (C=O) groups is 1. The Hall–Kier alpha value is -1.35. The van der Waals surface area contributed by atoms with Gasteiger partial charge in [-0.2, -0.15) is 0 Å². The molecule has 2 aliphatic rings. The molecule has 3 heteroatoms. The van der Waals surface area contributed by atoms with Gasteiger partial charge in [0, 0.05) is 24.4 Å². The Morgan fingerprint density at radius 3 is 2.55 bits per heavy atom. The first-order valence-electron chi connectivity index (χ1n) is 8.66. The van der Waals surface area contributed by atoms with Crippen LogP contribution in [0.25, 0.3) is 0 Å². The number of ether oxygens (including phenoxy) is 1. The molecule has 2 bridgehead atoms. The molecule has 0 radical (unpaired) electrons. The molecule has 0 spiro atoms. The molecule has 1 aromatic rings. The van der Waals surface area contributed by atoms with E-state index in [4.69, 9.17) is 4.74 Å². The number of fused-ring (bicyclic) bond motifs is 2. The number of hydrogen-bond donors (Lipinski definition) is 0. The van der Waals surface area contributed by atoms with Crippen molar-refractivity contribution in [1.29, 1.82) is 0 Å². The molecule has 3 rings (SSSR count). The van der Waals surface area contributed by atoms with Gasteiger partial charge in [0.05, 0.1) is 6.61 Å². The van der Waals surface area contributed by atoms with Gasteiger partial charge < -0.3 is 9.64 Å². The second-order valence-corrected chi connectivity index (χ2v) is 6.80. The molecule has 22 heavy (non-hydrogen) atoms. The van der Waals surface area contributed by atoms with E-state index < -0.39 is 0 Å². The Morgan fingerprint density at radius 1 is 1.18 bits per heavy atom. The van der Waals surface area contributed by atoms with Gasteiger partial charge in [-0.05, 0) is 51.3 Å². The van der Waals surface area contributed by atoms with Crippen molar-refractivity contribution in [3.63, 3.8) is 0 Å². The first-order chi connectivity index (χ1) is 10.7. The van der Waals surface area contributed by atoms with Crippen LogP contribution in [-0.2, 0) is 4.79 Å². The Balaban J connectivity index is 1.41. The second kappa shape index (κ2) is 7.28. The fourth-order valence-corrected chi connectivity index (χ4v) is 4.04. The number of ketones is 1. The van der Waals surface area contributed by atoms with E-state index in [1.165, 1.54) is 19.3 Å². The molecule has 1 aromatic carbocycles. The molecule has 2 saturated heterocycles. The van der Waals surface area contributed by atoms with Gasteiger partial charge in [-0.15, -0.1) is 0 Å². The lowest BCUT2D eigenvalue weighted by molar-refractivity contribution is -0.126. The van der Waals surface area contributed by atoms with Crippen LogP contribution in [0.1, 0.15) is 44.9 Å². The summed E-state index contributed by atoms with van der Waals surface area (Å²) in [6.45, 7) is 0.634. The van der Waals surface area contributed by atoms with Crippen LogP contribution in [0.2, 0.25) is 0 Å². The zero-order chi connectivity index (χ0) is 15.4. The third-order valence-electron chi connectivity index (χ3n) is 5.37. The topological polar surface area (TPSA) is 29.5 Å². The van der Waals surface area contributed by atoms with Crippen molar-refractivity contribution in [1.82, 2.24) is 4.90 Å². The van der Waals surface area contributed by atoms with Crippen LogP contribution < -0.4 is 4.74 Å². The van der Waals surface area contributed by atoms with Crippen LogP contribution in [0.4, 0.5) is 0 Å². The smallest absolute Gasteiger partial charge is 0.136 e. The zero-order valence-electron chi connectivity index (χ0n) is 13.5. The van der Waals surface area contributed by atoms with E-state index in [0.717, 1.165) is 25.0 Å². The highest BCUT2D eigenvalue weighted by atomic mass is 16.5. The summed E-state index contributed by atoms with van der Waals surface area (Å²) in [6.07, 6.45) is 7.53. The van der Waals surface area contributed by atoms with Crippen LogP contribution >= 0.6 is 0 Å². The summed E-state index contributed by atoms with van der Waals surface area (Å²) in [6, 6.07) is 11.1. The molecular weight excluding hydrogens is 274 g/mol. The number of benzene rings is 1. The SMILES string of the molecule is CN1C2CCCC1CC(C(=O)CCCOc1ccccc1)C2. The lowest BCUT2D eigenvalue weighted by atomic mass is 9.76. The van der Waals surface area contributed by atoms with Gasteiger partial charge in [-0.1, -0.05) is 24.6 Å². The average molecular weight is 301 g/mol. The van der Waals surface area contributed by atoms with Crippen LogP contribution in [-0.4, -0.2) is 36.4 Å². The number of para-hydroxylation sites is 1. The predicted molar refractivity (Wildman–Crippen MR) is 88.1 cm³/mol. The first-order valence-corrected chi connectivity index (χ1v) is 8.66. The summed E-state index contributed by atoms with van der Waals surface area (Å²) in [7, 11) is 2.24. The van der Waals surface area contributed by atoms with Crippen LogP contribution in [0.3, 0.4) is 0 Å². The number of rotatable bonds is 6. The van der Waals surface area contributed by atoms with Gasteiger partial charge in [0.1, 0.15) is 11.5 Å². The molecule has 0 saturated carbocycles. The van der Waals surface area contributed by atoms with E-state index >= 15 is 0 Å². The van der Waals surface area contributed by atoms with E-state index in [-0.39, 0.29) is 0 Å². The van der Waals surface area contributed by atoms with Gasteiger partial charge in [-0.3, -0.25) is 4.79 Å². The molecule has 2 aliphatic heterocycles. The van der Waals surface area contributed by atoms with Crippen molar-refractivity contribution < 1.29 is 9.53 Å². The summed E-state index contributed by atoms with van der Waals surface area (Å²) in [4.78, 5) is 15.0. The maximum atomic E-state index is 12.5. The molecule has 0 aromatic heterocycles. The summed E-state index contributed by atoms with van der Waals surface area (Å²) < 4.78 is 5.67. The van der Waals surface area contributed by atoms with Crippen molar-refractivity contribution >= 4 is 5.78 Å². The third kappa shape index (κ3) is 3.70. The Labute approximate surface area is 133 Å². The van der Waals surface area contributed by atoms with E-state index in [1.807, 2.05) is 30.3 Å². The summed E-state index contributed by atoms with van der Waals surface area (Å²) in [5.41, 5.74) is 0. The highest BCUT2D eigenvalue weighted by Crippen LogP contribution is 2.36. The fourth-order valence-electron chi connectivity index (χ4n) is 4.04. The van der Waals surface area contributed by atoms with Crippen molar-refractivity contribution in [2.45, 2.75) is 57.0 Å². The minimum absolute atomic E-state index is 0.295. The molecule has 2 atom stereocenters. The van der Waals surface area contributed by atoms with Gasteiger partial charge in [0.2, 0.25) is 0 Å². The highest BCUT2D eigenvalue weighted by Gasteiger charge is 2.38. The average Bonchev–Trinajstić information content (AvgIpc) is 2.52. The monoisotopic (exact) mass is 301 g/mol. The second-order valence-electron chi connectivity index (χ2n) is 6.80. The normalized spacial score (nSPS) is 28.3. The maximum Gasteiger partial charge on any atom is 0.136 e. The Bertz CT molecular complexity index is 473. The predicted octanol–water partition coefficient (Wildman–Crippen LogP) is 3.68. The number of piperidine rings is 2. The van der Waals surface area contributed by atoms with E-state index in [0.29, 0.717) is 36.8 Å². The molecule has 2 heterocycles. The largest absolute Gasteiger partial charge is 0.494 e. The van der Waals surface area contributed by atoms with E-state index in [2.05, 4.69) is 11.9 Å². The minimum Gasteiger partial charge on any atom is -0.494 e. The molecule has 2 unspecified atom stereocenters. The van der Waals surface area contributed by atoms with E-state index in [9.17, 15) is 4.79 Å². The fraction of sp³-hybridized carbons (Fsp3) is 0.632. The summed E-state index contributed by atoms with van der Waals surface area (Å²) >= 11 is 0. The third-order valence-corrected chi connectivity index (χ3v) is 5.37. The number of hydrogen-bond acceptors (Lipinski definition) is 3. The molecule has 2 fully saturated rings. The van der Waals surface area contributed by atoms with Crippen LogP contribution in [0.15, 0.2) is 30.3 Å². The standard InChI is InChI=1S/C19H27NO2/c1-20-16-7-5-8-17(20)14-15(13-16)19(21)11-6-12-22-18-9-3-2-4-10-18/h2-4,9-10,15-17H,5-8,11-14H2,1H3. The number of nitrogens with zero attached hydrogens (tertiary/aromatic N) is 1. The van der Waals surface area contributed by atoms with Gasteiger partial charge in [0.15, 0.2) is 0 Å². The zero-order valence-corrected chi connectivity index (χ0v) is 13.5. The lowest BCUT2D eigenvalue weighted by Gasteiger charge is -2.46. The van der Waals surface area contributed by atoms with Crippen LogP contribution in [0, 0.1) is 5.92 Å². The van der Waals surface area contributed by atoms with Crippen molar-refractivity contribution in [3.8, 4) is 5.75 Å². The van der Waals surface area contributed by atoms with Gasteiger partial charge >= 0.3 is 0 Å². The maximum absolute atomic E-state index is 12.5. The van der Waals surface area contributed by atoms with Gasteiger partial charge in [-0.25, -0.2) is 0 Å². The molecule has 0 amide bonds. The first kappa shape index (κ1) is 15.5. The van der Waals surface area contributed by atoms with Crippen molar-refractivity contribution in [2.75, 3.05) is 13.7 Å². The van der Waals surface area contributed by atoms with Crippen LogP contribution in [0.5, 0.6) is 5.75 Å². The molecule has 120 valence electrons. The number of carbonyl (C=O) groups excluding carboxylic acids is 1. The Morgan fingerprint density at radius 2 is 1.86 bits per heavy atom. The highest BCUT2D eigenvalue weighted by molar-refractivity contribution is 5.81. The molecule has 0 aliphatic carbocycles. The van der Waals surface area contributed by atoms with E-state index in [1.54, 1.807) is 0 Å². The minimum atomic E-state index is 0.295. The summed E-state index contributed by atoms with van der Waals surface area (Å²) in [5, 5.41) is 0. The molecule has 3 nitrogen and oxygen atoms in total. The van der Waals surface area contributed by atoms with Crippen molar-refractivity contribution in [3.05, 3.63) is 30.3 Å². The Kier molecular flexibility index (Phi) is 5.14. The summed E-state index contributed by atoms with van der Waals surface area (Å²) in [5.74, 6) is 1.65. The quantitative estimate of drug-likeness (QED) is 0.751. The molecular formula is C19H27NO2. The van der Waals surface area contributed by atoms with Crippen molar-refractivity contribution in [2.24, 2.45) is 5.92 Å². The lowest BCUT2D eigenvalue weighted by Crippen LogP contribution is -2.51. The number of Topliss-reactive ketones (excluding diaryl/α,β-unsaturated/α-hetero) is 1.